The van der Waals surface area contributed by atoms with Gasteiger partial charge in [0.15, 0.2) is 0 Å². The number of hydrogen-bond donors (Lipinski definition) is 1. The smallest absolute Gasteiger partial charge is 0.223 e. The molecular formula is C19H30N2O. The van der Waals surface area contributed by atoms with E-state index in [4.69, 9.17) is 5.73 Å². The minimum atomic E-state index is 0.0408. The second-order valence-electron chi connectivity index (χ2n) is 7.04. The molecule has 0 aliphatic heterocycles. The van der Waals surface area contributed by atoms with Crippen molar-refractivity contribution in [3.8, 4) is 0 Å². The van der Waals surface area contributed by atoms with Gasteiger partial charge in [0, 0.05) is 19.0 Å². The van der Waals surface area contributed by atoms with Crippen LogP contribution in [0, 0.1) is 5.41 Å². The van der Waals surface area contributed by atoms with E-state index in [2.05, 4.69) is 26.0 Å². The van der Waals surface area contributed by atoms with Crippen molar-refractivity contribution >= 4 is 5.91 Å². The maximum absolute atomic E-state index is 12.9. The Kier molecular flexibility index (Phi) is 6.01. The summed E-state index contributed by atoms with van der Waals surface area (Å²) in [6.07, 6.45) is 6.52. The number of nitrogens with two attached hydrogens (primary N) is 1. The molecule has 3 nitrogen and oxygen atoms in total. The van der Waals surface area contributed by atoms with Gasteiger partial charge in [0.1, 0.15) is 0 Å². The predicted octanol–water partition coefficient (Wildman–Crippen LogP) is 3.72. The Morgan fingerprint density at radius 1 is 1.18 bits per heavy atom. The fraction of sp³-hybridized carbons (Fsp3) is 0.632. The first kappa shape index (κ1) is 17.0. The molecule has 0 radical (unpaired) electrons. The predicted molar refractivity (Wildman–Crippen MR) is 91.3 cm³/mol. The average molecular weight is 302 g/mol. The molecule has 0 saturated heterocycles. The summed E-state index contributed by atoms with van der Waals surface area (Å²) in [6, 6.07) is 10.5. The zero-order valence-corrected chi connectivity index (χ0v) is 14.1. The van der Waals surface area contributed by atoms with Gasteiger partial charge in [0.05, 0.1) is 0 Å². The van der Waals surface area contributed by atoms with Gasteiger partial charge in [0.2, 0.25) is 5.91 Å². The first-order chi connectivity index (χ1) is 10.6. The lowest BCUT2D eigenvalue weighted by atomic mass is 9.71. The molecule has 122 valence electrons. The minimum absolute atomic E-state index is 0.0408. The molecule has 1 aliphatic rings. The highest BCUT2D eigenvalue weighted by molar-refractivity contribution is 5.77. The van der Waals surface area contributed by atoms with Crippen molar-refractivity contribution in [2.24, 2.45) is 11.1 Å². The van der Waals surface area contributed by atoms with Gasteiger partial charge >= 0.3 is 0 Å². The molecule has 0 unspecified atom stereocenters. The van der Waals surface area contributed by atoms with E-state index < -0.39 is 0 Å². The largest absolute Gasteiger partial charge is 0.336 e. The van der Waals surface area contributed by atoms with Crippen molar-refractivity contribution in [2.75, 3.05) is 6.54 Å². The Morgan fingerprint density at radius 3 is 2.36 bits per heavy atom. The van der Waals surface area contributed by atoms with E-state index in [9.17, 15) is 4.79 Å². The molecule has 1 amide bonds. The first-order valence-electron chi connectivity index (χ1n) is 8.60. The third kappa shape index (κ3) is 4.33. The monoisotopic (exact) mass is 302 g/mol. The van der Waals surface area contributed by atoms with Gasteiger partial charge in [-0.15, -0.1) is 0 Å². The highest BCUT2D eigenvalue weighted by Crippen LogP contribution is 2.39. The second-order valence-corrected chi connectivity index (χ2v) is 7.04. The Morgan fingerprint density at radius 2 is 1.82 bits per heavy atom. The zero-order valence-electron chi connectivity index (χ0n) is 14.1. The van der Waals surface area contributed by atoms with Gasteiger partial charge in [-0.1, -0.05) is 49.6 Å². The van der Waals surface area contributed by atoms with E-state index in [1.165, 1.54) is 24.8 Å². The molecule has 0 heterocycles. The Balaban J connectivity index is 2.06. The SMILES string of the molecule is CC(C)N(Cc1ccccc1)C(=O)CC1(CN)CCCCC1. The van der Waals surface area contributed by atoms with E-state index >= 15 is 0 Å². The molecule has 0 atom stereocenters. The molecular weight excluding hydrogens is 272 g/mol. The third-order valence-electron chi connectivity index (χ3n) is 5.01. The minimum Gasteiger partial charge on any atom is -0.336 e. The molecule has 0 spiro atoms. The summed E-state index contributed by atoms with van der Waals surface area (Å²) in [5.74, 6) is 0.256. The summed E-state index contributed by atoms with van der Waals surface area (Å²) in [6.45, 7) is 5.52. The number of carbonyl (C=O) groups is 1. The highest BCUT2D eigenvalue weighted by Gasteiger charge is 2.34. The molecule has 0 bridgehead atoms. The molecule has 0 aromatic heterocycles. The highest BCUT2D eigenvalue weighted by atomic mass is 16.2. The van der Waals surface area contributed by atoms with Crippen LogP contribution < -0.4 is 5.73 Å². The molecule has 2 rings (SSSR count). The molecule has 1 aromatic carbocycles. The van der Waals surface area contributed by atoms with Crippen LogP contribution in [0.3, 0.4) is 0 Å². The maximum Gasteiger partial charge on any atom is 0.223 e. The second kappa shape index (κ2) is 7.77. The van der Waals surface area contributed by atoms with Crippen LogP contribution in [0.25, 0.3) is 0 Å². The Labute approximate surface area is 134 Å². The van der Waals surface area contributed by atoms with Crippen LogP contribution in [-0.2, 0) is 11.3 Å². The zero-order chi connectivity index (χ0) is 16.0. The molecule has 2 N–H and O–H groups in total. The van der Waals surface area contributed by atoms with Gasteiger partial charge in [0.25, 0.3) is 0 Å². The van der Waals surface area contributed by atoms with Crippen LogP contribution in [-0.4, -0.2) is 23.4 Å². The maximum atomic E-state index is 12.9. The van der Waals surface area contributed by atoms with Gasteiger partial charge in [-0.2, -0.15) is 0 Å². The topological polar surface area (TPSA) is 46.3 Å². The third-order valence-corrected chi connectivity index (χ3v) is 5.01. The summed E-state index contributed by atoms with van der Waals surface area (Å²) in [5, 5.41) is 0. The number of amides is 1. The van der Waals surface area contributed by atoms with Crippen LogP contribution in [0.15, 0.2) is 30.3 Å². The van der Waals surface area contributed by atoms with Gasteiger partial charge in [-0.25, -0.2) is 0 Å². The Hall–Kier alpha value is -1.35. The van der Waals surface area contributed by atoms with Gasteiger partial charge in [-0.05, 0) is 44.2 Å². The summed E-state index contributed by atoms with van der Waals surface area (Å²) < 4.78 is 0. The summed E-state index contributed by atoms with van der Waals surface area (Å²) in [7, 11) is 0. The van der Waals surface area contributed by atoms with Gasteiger partial charge < -0.3 is 10.6 Å². The fourth-order valence-electron chi connectivity index (χ4n) is 3.52. The van der Waals surface area contributed by atoms with Crippen LogP contribution in [0.5, 0.6) is 0 Å². The molecule has 3 heteroatoms. The van der Waals surface area contributed by atoms with E-state index in [-0.39, 0.29) is 17.4 Å². The number of hydrogen-bond acceptors (Lipinski definition) is 2. The van der Waals surface area contributed by atoms with E-state index in [1.807, 2.05) is 23.1 Å². The van der Waals surface area contributed by atoms with Crippen molar-refractivity contribution in [3.05, 3.63) is 35.9 Å². The molecule has 22 heavy (non-hydrogen) atoms. The van der Waals surface area contributed by atoms with E-state index in [0.29, 0.717) is 19.5 Å². The Bertz CT molecular complexity index is 464. The summed E-state index contributed by atoms with van der Waals surface area (Å²) >= 11 is 0. The lowest BCUT2D eigenvalue weighted by Gasteiger charge is -2.38. The van der Waals surface area contributed by atoms with Crippen LogP contribution in [0.4, 0.5) is 0 Å². The van der Waals surface area contributed by atoms with E-state index in [0.717, 1.165) is 12.8 Å². The van der Waals surface area contributed by atoms with Crippen molar-refractivity contribution < 1.29 is 4.79 Å². The molecule has 1 saturated carbocycles. The quantitative estimate of drug-likeness (QED) is 0.870. The first-order valence-corrected chi connectivity index (χ1v) is 8.60. The number of benzene rings is 1. The molecule has 1 aromatic rings. The standard InChI is InChI=1S/C19H30N2O/c1-16(2)21(14-17-9-5-3-6-10-17)18(22)13-19(15-20)11-7-4-8-12-19/h3,5-6,9-10,16H,4,7-8,11-15,20H2,1-2H3. The van der Waals surface area contributed by atoms with Crippen molar-refractivity contribution in [2.45, 2.75) is 65.0 Å². The normalized spacial score (nSPS) is 17.5. The van der Waals surface area contributed by atoms with Crippen LogP contribution in [0.1, 0.15) is 57.9 Å². The summed E-state index contributed by atoms with van der Waals surface area (Å²) in [5.41, 5.74) is 7.28. The lowest BCUT2D eigenvalue weighted by Crippen LogP contribution is -2.42. The van der Waals surface area contributed by atoms with Crippen molar-refractivity contribution in [1.82, 2.24) is 4.90 Å². The molecule has 1 fully saturated rings. The number of nitrogens with zero attached hydrogens (tertiary/aromatic N) is 1. The lowest BCUT2D eigenvalue weighted by molar-refractivity contribution is -0.136. The van der Waals surface area contributed by atoms with E-state index in [1.54, 1.807) is 0 Å². The fourth-order valence-corrected chi connectivity index (χ4v) is 3.52. The number of rotatable bonds is 6. The molecule has 1 aliphatic carbocycles. The van der Waals surface area contributed by atoms with Crippen LogP contribution in [0.2, 0.25) is 0 Å². The van der Waals surface area contributed by atoms with Crippen LogP contribution >= 0.6 is 0 Å². The summed E-state index contributed by atoms with van der Waals surface area (Å²) in [4.78, 5) is 14.9. The average Bonchev–Trinajstić information content (AvgIpc) is 2.54. The van der Waals surface area contributed by atoms with Crippen molar-refractivity contribution in [3.63, 3.8) is 0 Å². The number of carbonyl (C=O) groups excluding carboxylic acids is 1. The van der Waals surface area contributed by atoms with Crippen molar-refractivity contribution in [1.29, 1.82) is 0 Å². The van der Waals surface area contributed by atoms with Gasteiger partial charge in [-0.3, -0.25) is 4.79 Å².